The molecule has 186 valence electrons. The Morgan fingerprint density at radius 1 is 1.09 bits per heavy atom. The van der Waals surface area contributed by atoms with Gasteiger partial charge in [-0.25, -0.2) is 0 Å². The maximum atomic E-state index is 13.6. The van der Waals surface area contributed by atoms with Crippen LogP contribution in [0.15, 0.2) is 35.7 Å². The van der Waals surface area contributed by atoms with Crippen LogP contribution in [0.25, 0.3) is 0 Å². The van der Waals surface area contributed by atoms with Gasteiger partial charge in [-0.15, -0.1) is 11.3 Å². The molecule has 1 aliphatic rings. The van der Waals surface area contributed by atoms with Crippen LogP contribution in [0.2, 0.25) is 0 Å². The highest BCUT2D eigenvalue weighted by Crippen LogP contribution is 2.38. The molecular weight excluding hydrogens is 444 g/mol. The lowest BCUT2D eigenvalue weighted by molar-refractivity contribution is -0.142. The molecule has 3 rings (SSSR count). The van der Waals surface area contributed by atoms with E-state index in [9.17, 15) is 9.59 Å². The zero-order valence-electron chi connectivity index (χ0n) is 21.1. The van der Waals surface area contributed by atoms with Gasteiger partial charge in [0.05, 0.1) is 19.2 Å². The highest BCUT2D eigenvalue weighted by molar-refractivity contribution is 7.10. The van der Waals surface area contributed by atoms with Gasteiger partial charge >= 0.3 is 0 Å². The van der Waals surface area contributed by atoms with Crippen LogP contribution in [0.5, 0.6) is 0 Å². The van der Waals surface area contributed by atoms with Crippen molar-refractivity contribution in [2.75, 3.05) is 33.4 Å². The molecule has 2 heterocycles. The molecule has 2 amide bonds. The molecule has 1 aromatic heterocycles. The van der Waals surface area contributed by atoms with E-state index in [0.29, 0.717) is 26.1 Å². The van der Waals surface area contributed by atoms with Crippen molar-refractivity contribution in [2.24, 2.45) is 0 Å². The molecule has 5 nitrogen and oxygen atoms in total. The Kier molecular flexibility index (Phi) is 10.6. The second-order valence-corrected chi connectivity index (χ2v) is 10.3. The Labute approximate surface area is 209 Å². The number of thiophene rings is 1. The normalized spacial score (nSPS) is 15.3. The molecule has 1 aromatic carbocycles. The molecule has 0 saturated carbocycles. The minimum atomic E-state index is -0.0963. The van der Waals surface area contributed by atoms with E-state index in [0.717, 1.165) is 24.8 Å². The van der Waals surface area contributed by atoms with Crippen LogP contribution in [0.1, 0.15) is 79.5 Å². The molecule has 1 unspecified atom stereocenters. The van der Waals surface area contributed by atoms with Crippen LogP contribution in [0.4, 0.5) is 0 Å². The predicted octanol–water partition coefficient (Wildman–Crippen LogP) is 5.76. The largest absolute Gasteiger partial charge is 0.383 e. The van der Waals surface area contributed by atoms with E-state index in [1.807, 2.05) is 4.90 Å². The fraction of sp³-hybridized carbons (Fsp3) is 0.571. The molecule has 6 heteroatoms. The highest BCUT2D eigenvalue weighted by atomic mass is 32.1. The van der Waals surface area contributed by atoms with Crippen LogP contribution < -0.4 is 0 Å². The first-order chi connectivity index (χ1) is 16.5. The van der Waals surface area contributed by atoms with Crippen molar-refractivity contribution in [3.05, 3.63) is 57.3 Å². The van der Waals surface area contributed by atoms with E-state index >= 15 is 0 Å². The van der Waals surface area contributed by atoms with Crippen molar-refractivity contribution in [1.29, 1.82) is 0 Å². The number of hydrogen-bond acceptors (Lipinski definition) is 4. The van der Waals surface area contributed by atoms with Gasteiger partial charge in [0.15, 0.2) is 0 Å². The van der Waals surface area contributed by atoms with E-state index in [1.54, 1.807) is 23.3 Å². The van der Waals surface area contributed by atoms with Crippen molar-refractivity contribution in [1.82, 2.24) is 9.80 Å². The number of rotatable bonds is 13. The number of ether oxygens (including phenoxy) is 1. The summed E-state index contributed by atoms with van der Waals surface area (Å²) in [6, 6.07) is 10.5. The topological polar surface area (TPSA) is 49.9 Å². The average molecular weight is 485 g/mol. The Balaban J connectivity index is 1.69. The summed E-state index contributed by atoms with van der Waals surface area (Å²) in [5.74, 6) is 0.0656. The van der Waals surface area contributed by atoms with Crippen LogP contribution in [0.3, 0.4) is 0 Å². The highest BCUT2D eigenvalue weighted by Gasteiger charge is 2.33. The number of aryl methyl sites for hydroxylation is 1. The zero-order valence-corrected chi connectivity index (χ0v) is 21.9. The summed E-state index contributed by atoms with van der Waals surface area (Å²) < 4.78 is 5.24. The number of carbonyl (C=O) groups excluding carboxylic acids is 2. The van der Waals surface area contributed by atoms with Gasteiger partial charge < -0.3 is 14.5 Å². The summed E-state index contributed by atoms with van der Waals surface area (Å²) in [6.07, 6.45) is 8.20. The molecule has 1 aliphatic heterocycles. The fourth-order valence-corrected chi connectivity index (χ4v) is 5.56. The molecule has 0 fully saturated rings. The van der Waals surface area contributed by atoms with Gasteiger partial charge in [0, 0.05) is 31.5 Å². The van der Waals surface area contributed by atoms with Crippen molar-refractivity contribution in [3.63, 3.8) is 0 Å². The molecule has 2 aromatic rings. The van der Waals surface area contributed by atoms with Crippen molar-refractivity contribution < 1.29 is 14.3 Å². The summed E-state index contributed by atoms with van der Waals surface area (Å²) in [4.78, 5) is 31.6. The zero-order chi connectivity index (χ0) is 24.3. The first-order valence-corrected chi connectivity index (χ1v) is 13.6. The van der Waals surface area contributed by atoms with Gasteiger partial charge in [-0.05, 0) is 42.3 Å². The van der Waals surface area contributed by atoms with E-state index in [-0.39, 0.29) is 24.4 Å². The molecular formula is C28H40N2O3S. The molecule has 1 atom stereocenters. The Bertz CT molecular complexity index is 909. The number of fused-ring (bicyclic) bond motifs is 1. The van der Waals surface area contributed by atoms with Crippen molar-refractivity contribution in [2.45, 2.75) is 71.3 Å². The summed E-state index contributed by atoms with van der Waals surface area (Å²) >= 11 is 1.77. The smallest absolute Gasteiger partial charge is 0.242 e. The van der Waals surface area contributed by atoms with Gasteiger partial charge in [-0.1, -0.05) is 68.9 Å². The molecule has 0 N–H and O–H groups in total. The standard InChI is InChI=1S/C28H40N2O3S/c1-4-5-6-7-8-9-10-26(31)29(18-19-33-3)21-27(32)30-17-15-25-24(16-20-34-25)28(30)23-13-11-22(2)12-14-23/h11-14,16,20,28H,4-10,15,17-19,21H2,1-3H3. The lowest BCUT2D eigenvalue weighted by atomic mass is 9.92. The number of nitrogens with zero attached hydrogens (tertiary/aromatic N) is 2. The number of hydrogen-bond donors (Lipinski definition) is 0. The van der Waals surface area contributed by atoms with Gasteiger partial charge in [0.25, 0.3) is 0 Å². The van der Waals surface area contributed by atoms with Gasteiger partial charge in [-0.3, -0.25) is 9.59 Å². The third kappa shape index (κ3) is 7.16. The number of amides is 2. The minimum Gasteiger partial charge on any atom is -0.383 e. The first-order valence-electron chi connectivity index (χ1n) is 12.7. The predicted molar refractivity (Wildman–Crippen MR) is 139 cm³/mol. The molecule has 0 bridgehead atoms. The van der Waals surface area contributed by atoms with Crippen molar-refractivity contribution in [3.8, 4) is 0 Å². The number of carbonyl (C=O) groups is 2. The van der Waals surface area contributed by atoms with E-state index in [2.05, 4.69) is 49.6 Å². The average Bonchev–Trinajstić information content (AvgIpc) is 3.32. The molecule has 0 spiro atoms. The summed E-state index contributed by atoms with van der Waals surface area (Å²) in [7, 11) is 1.63. The molecule has 34 heavy (non-hydrogen) atoms. The minimum absolute atomic E-state index is 0.00910. The van der Waals surface area contributed by atoms with Crippen LogP contribution >= 0.6 is 11.3 Å². The van der Waals surface area contributed by atoms with E-state index in [4.69, 9.17) is 4.74 Å². The maximum Gasteiger partial charge on any atom is 0.242 e. The fourth-order valence-electron chi connectivity index (χ4n) is 4.66. The van der Waals surface area contributed by atoms with Gasteiger partial charge in [0.2, 0.25) is 11.8 Å². The lowest BCUT2D eigenvalue weighted by Crippen LogP contribution is -2.47. The second-order valence-electron chi connectivity index (χ2n) is 9.28. The summed E-state index contributed by atoms with van der Waals surface area (Å²) in [5.41, 5.74) is 3.55. The van der Waals surface area contributed by atoms with Crippen LogP contribution in [0, 0.1) is 6.92 Å². The summed E-state index contributed by atoms with van der Waals surface area (Å²) in [5, 5.41) is 2.12. The third-order valence-electron chi connectivity index (χ3n) is 6.67. The summed E-state index contributed by atoms with van der Waals surface area (Å²) in [6.45, 7) is 5.95. The number of unbranched alkanes of at least 4 members (excludes halogenated alkanes) is 5. The van der Waals surface area contributed by atoms with E-state index in [1.165, 1.54) is 41.7 Å². The van der Waals surface area contributed by atoms with Gasteiger partial charge in [-0.2, -0.15) is 0 Å². The van der Waals surface area contributed by atoms with Crippen molar-refractivity contribution >= 4 is 23.2 Å². The number of methoxy groups -OCH3 is 1. The molecule has 0 saturated heterocycles. The first kappa shape index (κ1) is 26.4. The number of benzene rings is 1. The van der Waals surface area contributed by atoms with Gasteiger partial charge in [0.1, 0.15) is 0 Å². The van der Waals surface area contributed by atoms with Crippen LogP contribution in [-0.2, 0) is 20.7 Å². The Morgan fingerprint density at radius 3 is 2.56 bits per heavy atom. The second kappa shape index (κ2) is 13.6. The van der Waals surface area contributed by atoms with E-state index < -0.39 is 0 Å². The quantitative estimate of drug-likeness (QED) is 0.340. The Morgan fingerprint density at radius 2 is 1.82 bits per heavy atom. The maximum absolute atomic E-state index is 13.6. The molecule has 0 aliphatic carbocycles. The monoisotopic (exact) mass is 484 g/mol. The SMILES string of the molecule is CCCCCCCCC(=O)N(CCOC)CC(=O)N1CCc2sccc2C1c1ccc(C)cc1. The lowest BCUT2D eigenvalue weighted by Gasteiger charge is -2.37. The van der Waals surface area contributed by atoms with Crippen LogP contribution in [-0.4, -0.2) is 55.0 Å². The third-order valence-corrected chi connectivity index (χ3v) is 7.66. The Hall–Kier alpha value is -2.18. The molecule has 0 radical (unpaired) electrons.